The molecule has 6 nitrogen and oxygen atoms in total. The Morgan fingerprint density at radius 3 is 2.71 bits per heavy atom. The molecule has 3 rings (SSSR count). The zero-order valence-electron chi connectivity index (χ0n) is 13.5. The topological polar surface area (TPSA) is 74.1 Å². The zero-order chi connectivity index (χ0) is 17.1. The van der Waals surface area contributed by atoms with Crippen molar-refractivity contribution in [3.8, 4) is 0 Å². The molecule has 24 heavy (non-hydrogen) atoms. The third-order valence-corrected chi connectivity index (χ3v) is 3.74. The van der Waals surface area contributed by atoms with Crippen LogP contribution < -0.4 is 5.56 Å². The Bertz CT molecular complexity index is 949. The summed E-state index contributed by atoms with van der Waals surface area (Å²) < 4.78 is 6.62. The number of pyridine rings is 3. The number of nitrogens with zero attached hydrogens (tertiary/aromatic N) is 3. The summed E-state index contributed by atoms with van der Waals surface area (Å²) in [5.74, 6) is -0.465. The molecule has 0 spiro atoms. The lowest BCUT2D eigenvalue weighted by atomic mass is 10.1. The molecule has 0 N–H and O–H groups in total. The van der Waals surface area contributed by atoms with Crippen molar-refractivity contribution in [3.63, 3.8) is 0 Å². The molecule has 3 aromatic heterocycles. The Labute approximate surface area is 138 Å². The van der Waals surface area contributed by atoms with E-state index < -0.39 is 5.97 Å². The van der Waals surface area contributed by atoms with E-state index in [0.29, 0.717) is 28.7 Å². The fourth-order valence-corrected chi connectivity index (χ4v) is 2.53. The fraction of sp³-hybridized carbons (Fsp3) is 0.222. The summed E-state index contributed by atoms with van der Waals surface area (Å²) in [5, 5.41) is 0.403. The Kier molecular flexibility index (Phi) is 4.37. The molecule has 0 atom stereocenters. The second-order valence-electron chi connectivity index (χ2n) is 5.38. The van der Waals surface area contributed by atoms with Gasteiger partial charge in [0.1, 0.15) is 0 Å². The summed E-state index contributed by atoms with van der Waals surface area (Å²) in [6.07, 6.45) is 5.08. The molecule has 0 fully saturated rings. The summed E-state index contributed by atoms with van der Waals surface area (Å²) in [5.41, 5.74) is 2.21. The quantitative estimate of drug-likeness (QED) is 0.689. The summed E-state index contributed by atoms with van der Waals surface area (Å²) in [7, 11) is 0. The van der Waals surface area contributed by atoms with Crippen LogP contribution >= 0.6 is 0 Å². The Morgan fingerprint density at radius 1 is 1.25 bits per heavy atom. The van der Waals surface area contributed by atoms with Gasteiger partial charge in [-0.3, -0.25) is 14.8 Å². The zero-order valence-corrected chi connectivity index (χ0v) is 13.5. The first-order valence-electron chi connectivity index (χ1n) is 7.67. The molecule has 3 aromatic rings. The van der Waals surface area contributed by atoms with Crippen molar-refractivity contribution in [3.05, 3.63) is 70.0 Å². The largest absolute Gasteiger partial charge is 0.462 e. The first kappa shape index (κ1) is 15.9. The van der Waals surface area contributed by atoms with Crippen LogP contribution in [0, 0.1) is 6.92 Å². The minimum atomic E-state index is -0.465. The Morgan fingerprint density at radius 2 is 2.00 bits per heavy atom. The summed E-state index contributed by atoms with van der Waals surface area (Å²) in [6, 6.07) is 7.06. The van der Waals surface area contributed by atoms with Gasteiger partial charge >= 0.3 is 5.97 Å². The molecule has 0 amide bonds. The summed E-state index contributed by atoms with van der Waals surface area (Å²) >= 11 is 0. The average molecular weight is 323 g/mol. The van der Waals surface area contributed by atoms with Crippen LogP contribution in [0.4, 0.5) is 0 Å². The number of carbonyl (C=O) groups is 1. The maximum atomic E-state index is 12.7. The van der Waals surface area contributed by atoms with Crippen molar-refractivity contribution in [1.82, 2.24) is 14.5 Å². The van der Waals surface area contributed by atoms with E-state index in [-0.39, 0.29) is 12.2 Å². The van der Waals surface area contributed by atoms with Crippen LogP contribution in [0.25, 0.3) is 10.9 Å². The van der Waals surface area contributed by atoms with Gasteiger partial charge in [-0.2, -0.15) is 0 Å². The van der Waals surface area contributed by atoms with Gasteiger partial charge in [-0.1, -0.05) is 0 Å². The fourth-order valence-electron chi connectivity index (χ4n) is 2.53. The first-order valence-corrected chi connectivity index (χ1v) is 7.67. The van der Waals surface area contributed by atoms with Crippen LogP contribution in [-0.2, 0) is 11.3 Å². The molecule has 0 unspecified atom stereocenters. The highest BCUT2D eigenvalue weighted by molar-refractivity contribution is 5.94. The Hall–Kier alpha value is -3.02. The predicted octanol–water partition coefficient (Wildman–Crippen LogP) is 2.32. The third kappa shape index (κ3) is 3.03. The number of rotatable bonds is 4. The molecule has 0 aliphatic carbocycles. The molecule has 3 heterocycles. The van der Waals surface area contributed by atoms with Crippen molar-refractivity contribution >= 4 is 16.9 Å². The van der Waals surface area contributed by atoms with Gasteiger partial charge in [0, 0.05) is 18.6 Å². The van der Waals surface area contributed by atoms with Gasteiger partial charge in [0.15, 0.2) is 0 Å². The van der Waals surface area contributed by atoms with Crippen LogP contribution in [0.3, 0.4) is 0 Å². The maximum Gasteiger partial charge on any atom is 0.339 e. The van der Waals surface area contributed by atoms with E-state index in [2.05, 4.69) is 9.97 Å². The number of aryl methyl sites for hydroxylation is 1. The second kappa shape index (κ2) is 6.62. The van der Waals surface area contributed by atoms with Crippen LogP contribution in [0.1, 0.15) is 28.5 Å². The second-order valence-corrected chi connectivity index (χ2v) is 5.38. The molecule has 0 bridgehead atoms. The number of esters is 1. The van der Waals surface area contributed by atoms with E-state index >= 15 is 0 Å². The molecule has 122 valence electrons. The standard InChI is InChI=1S/C18H17N3O3/c1-3-24-18(23)14-10-15-16(20-12(14)2)6-9-21(17(15)22)11-13-4-7-19-8-5-13/h4-10H,3,11H2,1-2H3. The van der Waals surface area contributed by atoms with Gasteiger partial charge in [0.05, 0.1) is 35.3 Å². The minimum absolute atomic E-state index is 0.192. The molecule has 0 aliphatic heterocycles. The van der Waals surface area contributed by atoms with E-state index in [0.717, 1.165) is 5.56 Å². The summed E-state index contributed by atoms with van der Waals surface area (Å²) in [6.45, 7) is 4.18. The van der Waals surface area contributed by atoms with Crippen molar-refractivity contribution in [2.45, 2.75) is 20.4 Å². The monoisotopic (exact) mass is 323 g/mol. The summed E-state index contributed by atoms with van der Waals surface area (Å²) in [4.78, 5) is 33.1. The van der Waals surface area contributed by atoms with E-state index in [1.807, 2.05) is 12.1 Å². The minimum Gasteiger partial charge on any atom is -0.462 e. The SMILES string of the molecule is CCOC(=O)c1cc2c(=O)n(Cc3ccncc3)ccc2nc1C. The number of fused-ring (bicyclic) bond motifs is 1. The molecule has 0 aromatic carbocycles. The third-order valence-electron chi connectivity index (χ3n) is 3.74. The molecule has 0 aliphatic rings. The number of hydrogen-bond donors (Lipinski definition) is 0. The highest BCUT2D eigenvalue weighted by Crippen LogP contribution is 2.15. The van der Waals surface area contributed by atoms with Crippen molar-refractivity contribution in [2.75, 3.05) is 6.61 Å². The lowest BCUT2D eigenvalue weighted by Gasteiger charge is -2.10. The number of aromatic nitrogens is 3. The number of ether oxygens (including phenoxy) is 1. The molecule has 6 heteroatoms. The smallest absolute Gasteiger partial charge is 0.339 e. The van der Waals surface area contributed by atoms with Crippen molar-refractivity contribution in [1.29, 1.82) is 0 Å². The number of carbonyl (C=O) groups excluding carboxylic acids is 1. The van der Waals surface area contributed by atoms with Crippen LogP contribution in [0.2, 0.25) is 0 Å². The normalized spacial score (nSPS) is 10.8. The van der Waals surface area contributed by atoms with Gasteiger partial charge < -0.3 is 9.30 Å². The van der Waals surface area contributed by atoms with Crippen LogP contribution in [0.5, 0.6) is 0 Å². The van der Waals surface area contributed by atoms with Crippen LogP contribution in [-0.4, -0.2) is 27.1 Å². The van der Waals surface area contributed by atoms with Crippen molar-refractivity contribution in [2.24, 2.45) is 0 Å². The van der Waals surface area contributed by atoms with Gasteiger partial charge in [-0.25, -0.2) is 4.79 Å². The number of hydrogen-bond acceptors (Lipinski definition) is 5. The molecule has 0 saturated carbocycles. The van der Waals surface area contributed by atoms with E-state index in [4.69, 9.17) is 4.74 Å². The van der Waals surface area contributed by atoms with Gasteiger partial charge in [-0.15, -0.1) is 0 Å². The van der Waals surface area contributed by atoms with Crippen molar-refractivity contribution < 1.29 is 9.53 Å². The van der Waals surface area contributed by atoms with Gasteiger partial charge in [0.25, 0.3) is 5.56 Å². The average Bonchev–Trinajstić information content (AvgIpc) is 2.58. The highest BCUT2D eigenvalue weighted by atomic mass is 16.5. The highest BCUT2D eigenvalue weighted by Gasteiger charge is 2.15. The van der Waals surface area contributed by atoms with E-state index in [1.165, 1.54) is 0 Å². The molecular weight excluding hydrogens is 306 g/mol. The van der Waals surface area contributed by atoms with Gasteiger partial charge in [0.2, 0.25) is 0 Å². The molecular formula is C18H17N3O3. The van der Waals surface area contributed by atoms with E-state index in [9.17, 15) is 9.59 Å². The first-order chi connectivity index (χ1) is 11.6. The van der Waals surface area contributed by atoms with Gasteiger partial charge in [-0.05, 0) is 43.7 Å². The Balaban J connectivity index is 2.08. The molecule has 0 saturated heterocycles. The lowest BCUT2D eigenvalue weighted by Crippen LogP contribution is -2.21. The lowest BCUT2D eigenvalue weighted by molar-refractivity contribution is 0.0525. The predicted molar refractivity (Wildman–Crippen MR) is 90.0 cm³/mol. The molecule has 0 radical (unpaired) electrons. The van der Waals surface area contributed by atoms with Crippen LogP contribution in [0.15, 0.2) is 47.7 Å². The maximum absolute atomic E-state index is 12.7. The van der Waals surface area contributed by atoms with E-state index in [1.54, 1.807) is 49.1 Å².